The number of rotatable bonds is 5. The van der Waals surface area contributed by atoms with Crippen LogP contribution in [-0.4, -0.2) is 38.3 Å². The number of Topliss-reactive ketones (excluding diaryl/α,β-unsaturated/α-hetero) is 1. The van der Waals surface area contributed by atoms with Crippen molar-refractivity contribution >= 4 is 23.2 Å². The van der Waals surface area contributed by atoms with Crippen LogP contribution in [0.15, 0.2) is 53.0 Å². The van der Waals surface area contributed by atoms with E-state index >= 15 is 0 Å². The number of hydrogen-bond acceptors (Lipinski definition) is 7. The van der Waals surface area contributed by atoms with Crippen LogP contribution in [0.1, 0.15) is 34.3 Å². The summed E-state index contributed by atoms with van der Waals surface area (Å²) >= 11 is 0. The van der Waals surface area contributed by atoms with E-state index in [-0.39, 0.29) is 12.4 Å². The molecule has 7 heteroatoms. The van der Waals surface area contributed by atoms with Gasteiger partial charge in [0.25, 0.3) is 0 Å². The van der Waals surface area contributed by atoms with Crippen molar-refractivity contribution in [3.63, 3.8) is 0 Å². The Labute approximate surface area is 179 Å². The van der Waals surface area contributed by atoms with Gasteiger partial charge in [-0.25, -0.2) is 0 Å². The zero-order valence-corrected chi connectivity index (χ0v) is 17.3. The van der Waals surface area contributed by atoms with Crippen LogP contribution in [0, 0.1) is 17.2 Å². The molecule has 156 valence electrons. The third-order valence-corrected chi connectivity index (χ3v) is 5.60. The molecule has 0 fully saturated rings. The molecule has 0 bridgehead atoms. The lowest BCUT2D eigenvalue weighted by Crippen LogP contribution is -2.34. The number of benzene rings is 2. The molecule has 0 amide bonds. The molecule has 2 aromatic carbocycles. The van der Waals surface area contributed by atoms with Gasteiger partial charge in [-0.1, -0.05) is 30.3 Å². The molecule has 2 atom stereocenters. The molecule has 1 aliphatic carbocycles. The third kappa shape index (κ3) is 3.26. The van der Waals surface area contributed by atoms with Gasteiger partial charge in [-0.2, -0.15) is 5.26 Å². The van der Waals surface area contributed by atoms with Crippen molar-refractivity contribution in [3.8, 4) is 17.6 Å². The summed E-state index contributed by atoms with van der Waals surface area (Å²) in [7, 11) is 2.81. The minimum atomic E-state index is -0.752. The van der Waals surface area contributed by atoms with Gasteiger partial charge in [-0.05, 0) is 24.6 Å². The second-order valence-electron chi connectivity index (χ2n) is 7.23. The highest BCUT2D eigenvalue weighted by atomic mass is 16.5. The zero-order valence-electron chi connectivity index (χ0n) is 17.3. The van der Waals surface area contributed by atoms with Crippen LogP contribution >= 0.6 is 0 Å². The van der Waals surface area contributed by atoms with Crippen molar-refractivity contribution in [3.05, 3.63) is 64.7 Å². The van der Waals surface area contributed by atoms with Crippen molar-refractivity contribution in [2.24, 2.45) is 10.9 Å². The molecule has 0 N–H and O–H groups in total. The molecule has 0 saturated carbocycles. The standard InChI is InChI=1S/C24H20N2O5/c1-13-19(24(28)30-3)20(14-8-9-17(31-11-10-25)18(12-14)29-2)21-22(26-13)15-6-4-5-7-16(15)23(21)27/h4-9,12,19-20H,11H2,1-3H3/t19?,20-/m0/s1. The van der Waals surface area contributed by atoms with E-state index in [9.17, 15) is 9.59 Å². The second kappa shape index (κ2) is 8.07. The average molecular weight is 416 g/mol. The Bertz CT molecular complexity index is 1190. The lowest BCUT2D eigenvalue weighted by molar-refractivity contribution is -0.143. The van der Waals surface area contributed by atoms with Crippen LogP contribution < -0.4 is 9.47 Å². The van der Waals surface area contributed by atoms with Crippen molar-refractivity contribution < 1.29 is 23.8 Å². The Hall–Kier alpha value is -3.92. The van der Waals surface area contributed by atoms with Crippen LogP contribution in [-0.2, 0) is 9.53 Å². The van der Waals surface area contributed by atoms with E-state index in [1.165, 1.54) is 14.2 Å². The highest BCUT2D eigenvalue weighted by molar-refractivity contribution is 6.24. The molecule has 2 aromatic rings. The smallest absolute Gasteiger partial charge is 0.315 e. The molecule has 0 radical (unpaired) electrons. The van der Waals surface area contributed by atoms with E-state index in [0.717, 1.165) is 5.56 Å². The SMILES string of the molecule is COC(=O)C1C(C)=NC2=C(C(=O)c3ccccc32)[C@H]1c1ccc(OCC#N)c(OC)c1. The minimum Gasteiger partial charge on any atom is -0.493 e. The van der Waals surface area contributed by atoms with Gasteiger partial charge >= 0.3 is 5.97 Å². The summed E-state index contributed by atoms with van der Waals surface area (Å²) in [6.45, 7) is 1.64. The van der Waals surface area contributed by atoms with Gasteiger partial charge in [0.05, 0.1) is 19.9 Å². The van der Waals surface area contributed by atoms with E-state index in [4.69, 9.17) is 19.5 Å². The first kappa shape index (κ1) is 20.4. The van der Waals surface area contributed by atoms with Crippen LogP contribution in [0.2, 0.25) is 0 Å². The van der Waals surface area contributed by atoms with E-state index in [1.807, 2.05) is 24.3 Å². The monoisotopic (exact) mass is 416 g/mol. The number of fused-ring (bicyclic) bond motifs is 2. The number of nitrogens with zero attached hydrogens (tertiary/aromatic N) is 2. The van der Waals surface area contributed by atoms with Crippen molar-refractivity contribution in [1.82, 2.24) is 0 Å². The van der Waals surface area contributed by atoms with Gasteiger partial charge in [0.15, 0.2) is 23.9 Å². The Kier molecular flexibility index (Phi) is 5.30. The Morgan fingerprint density at radius 1 is 1.13 bits per heavy atom. The second-order valence-corrected chi connectivity index (χ2v) is 7.23. The maximum atomic E-state index is 13.4. The molecule has 31 heavy (non-hydrogen) atoms. The molecule has 1 heterocycles. The number of hydrogen-bond donors (Lipinski definition) is 0. The molecule has 2 aliphatic rings. The molecule has 0 aromatic heterocycles. The number of carbonyl (C=O) groups is 2. The fourth-order valence-electron chi connectivity index (χ4n) is 4.25. The first-order valence-corrected chi connectivity index (χ1v) is 9.70. The highest BCUT2D eigenvalue weighted by Crippen LogP contribution is 2.49. The normalized spacial score (nSPS) is 19.2. The van der Waals surface area contributed by atoms with Crippen LogP contribution in [0.25, 0.3) is 5.70 Å². The summed E-state index contributed by atoms with van der Waals surface area (Å²) in [6, 6.07) is 14.4. The predicted octanol–water partition coefficient (Wildman–Crippen LogP) is 3.55. The number of methoxy groups -OCH3 is 2. The molecular weight excluding hydrogens is 396 g/mol. The van der Waals surface area contributed by atoms with Crippen molar-refractivity contribution in [2.75, 3.05) is 20.8 Å². The van der Waals surface area contributed by atoms with E-state index in [2.05, 4.69) is 4.99 Å². The number of nitriles is 1. The predicted molar refractivity (Wildman–Crippen MR) is 113 cm³/mol. The third-order valence-electron chi connectivity index (χ3n) is 5.60. The summed E-state index contributed by atoms with van der Waals surface area (Å²) in [5, 5.41) is 8.80. The number of ether oxygens (including phenoxy) is 3. The molecule has 0 spiro atoms. The molecular formula is C24H20N2O5. The highest BCUT2D eigenvalue weighted by Gasteiger charge is 2.46. The van der Waals surface area contributed by atoms with Gasteiger partial charge in [-0.15, -0.1) is 0 Å². The Balaban J connectivity index is 1.89. The lowest BCUT2D eigenvalue weighted by Gasteiger charge is -2.30. The Morgan fingerprint density at radius 3 is 2.55 bits per heavy atom. The lowest BCUT2D eigenvalue weighted by atomic mass is 9.75. The van der Waals surface area contributed by atoms with Crippen LogP contribution in [0.3, 0.4) is 0 Å². The van der Waals surface area contributed by atoms with Crippen LogP contribution in [0.4, 0.5) is 0 Å². The average Bonchev–Trinajstić information content (AvgIpc) is 3.08. The molecule has 0 saturated heterocycles. The quantitative estimate of drug-likeness (QED) is 0.692. The molecule has 7 nitrogen and oxygen atoms in total. The van der Waals surface area contributed by atoms with Gasteiger partial charge in [0.2, 0.25) is 0 Å². The number of aliphatic imine (C=N–C) groups is 1. The van der Waals surface area contributed by atoms with Crippen molar-refractivity contribution in [1.29, 1.82) is 5.26 Å². The largest absolute Gasteiger partial charge is 0.493 e. The summed E-state index contributed by atoms with van der Waals surface area (Å²) < 4.78 is 15.9. The van der Waals surface area contributed by atoms with Gasteiger partial charge < -0.3 is 14.2 Å². The number of allylic oxidation sites excluding steroid dienone is 1. The van der Waals surface area contributed by atoms with E-state index in [0.29, 0.717) is 39.6 Å². The molecule has 1 aliphatic heterocycles. The zero-order chi connectivity index (χ0) is 22.1. The molecule has 1 unspecified atom stereocenters. The minimum absolute atomic E-state index is 0.126. The van der Waals surface area contributed by atoms with E-state index in [1.54, 1.807) is 31.2 Å². The topological polar surface area (TPSA) is 98.0 Å². The molecule has 4 rings (SSSR count). The van der Waals surface area contributed by atoms with Gasteiger partial charge in [-0.3, -0.25) is 14.6 Å². The summed E-state index contributed by atoms with van der Waals surface area (Å²) in [5.41, 5.74) is 3.65. The number of carbonyl (C=O) groups excluding carboxylic acids is 2. The first-order valence-electron chi connectivity index (χ1n) is 9.70. The van der Waals surface area contributed by atoms with Crippen molar-refractivity contribution in [2.45, 2.75) is 12.8 Å². The maximum Gasteiger partial charge on any atom is 0.315 e. The first-order chi connectivity index (χ1) is 15.0. The summed E-state index contributed by atoms with van der Waals surface area (Å²) in [4.78, 5) is 30.8. The van der Waals surface area contributed by atoms with Gasteiger partial charge in [0, 0.05) is 28.3 Å². The van der Waals surface area contributed by atoms with E-state index < -0.39 is 17.8 Å². The number of ketones is 1. The Morgan fingerprint density at radius 2 is 1.87 bits per heavy atom. The summed E-state index contributed by atoms with van der Waals surface area (Å²) in [6.07, 6.45) is 0. The van der Waals surface area contributed by atoms with Crippen LogP contribution in [0.5, 0.6) is 11.5 Å². The fraction of sp³-hybridized carbons (Fsp3) is 0.250. The van der Waals surface area contributed by atoms with Gasteiger partial charge in [0.1, 0.15) is 12.0 Å². The summed E-state index contributed by atoms with van der Waals surface area (Å²) in [5.74, 6) is -1.16. The number of esters is 1. The fourth-order valence-corrected chi connectivity index (χ4v) is 4.25. The maximum absolute atomic E-state index is 13.4.